The molecule has 6 nitrogen and oxygen atoms in total. The fourth-order valence-corrected chi connectivity index (χ4v) is 2.61. The van der Waals surface area contributed by atoms with Crippen LogP contribution in [-0.2, 0) is 18.0 Å². The highest BCUT2D eigenvalue weighted by atomic mass is 19.4. The Hall–Kier alpha value is -3.28. The summed E-state index contributed by atoms with van der Waals surface area (Å²) in [6, 6.07) is 7.98. The standard InChI is InChI=1S/C17H13F3N4O2/c1-9(26-16(25)12-5-4-11(8-21)22-12)15-23-13-7-10(17(18,19)20)3-6-14(13)24(15)2/h3-7,9,22H,1-2H3/t9-/m1/s1. The second-order valence-electron chi connectivity index (χ2n) is 5.68. The molecule has 9 heteroatoms. The first-order valence-corrected chi connectivity index (χ1v) is 7.54. The molecule has 0 saturated heterocycles. The summed E-state index contributed by atoms with van der Waals surface area (Å²) in [6.45, 7) is 1.57. The summed E-state index contributed by atoms with van der Waals surface area (Å²) in [7, 11) is 1.63. The van der Waals surface area contributed by atoms with Crippen molar-refractivity contribution in [2.75, 3.05) is 0 Å². The number of H-pyrrole nitrogens is 1. The number of esters is 1. The molecule has 1 N–H and O–H groups in total. The molecule has 0 amide bonds. The molecule has 1 atom stereocenters. The van der Waals surface area contributed by atoms with Crippen molar-refractivity contribution in [3.8, 4) is 6.07 Å². The van der Waals surface area contributed by atoms with Crippen LogP contribution in [-0.4, -0.2) is 20.5 Å². The van der Waals surface area contributed by atoms with Crippen LogP contribution >= 0.6 is 0 Å². The van der Waals surface area contributed by atoms with Crippen LogP contribution in [0, 0.1) is 11.3 Å². The highest BCUT2D eigenvalue weighted by molar-refractivity contribution is 5.88. The Balaban J connectivity index is 1.88. The smallest absolute Gasteiger partial charge is 0.416 e. The number of hydrogen-bond donors (Lipinski definition) is 1. The van der Waals surface area contributed by atoms with E-state index in [-0.39, 0.29) is 16.9 Å². The molecule has 0 radical (unpaired) electrons. The molecule has 134 valence electrons. The van der Waals surface area contributed by atoms with Crippen molar-refractivity contribution in [1.29, 1.82) is 5.26 Å². The van der Waals surface area contributed by atoms with Crippen LogP contribution in [0.3, 0.4) is 0 Å². The zero-order chi connectivity index (χ0) is 19.1. The van der Waals surface area contributed by atoms with Crippen molar-refractivity contribution in [2.45, 2.75) is 19.2 Å². The maximum atomic E-state index is 12.8. The number of carbonyl (C=O) groups excluding carboxylic acids is 1. The van der Waals surface area contributed by atoms with Crippen molar-refractivity contribution in [3.05, 3.63) is 53.1 Å². The maximum Gasteiger partial charge on any atom is 0.416 e. The number of aromatic amines is 1. The summed E-state index contributed by atoms with van der Waals surface area (Å²) in [5.74, 6) is -0.387. The number of ether oxygens (including phenoxy) is 1. The molecule has 0 unspecified atom stereocenters. The number of nitrogens with one attached hydrogen (secondary N) is 1. The van der Waals surface area contributed by atoms with Gasteiger partial charge < -0.3 is 14.3 Å². The number of nitrogens with zero attached hydrogens (tertiary/aromatic N) is 3. The van der Waals surface area contributed by atoms with Gasteiger partial charge in [-0.1, -0.05) is 0 Å². The summed E-state index contributed by atoms with van der Waals surface area (Å²) < 4.78 is 45.4. The fourth-order valence-electron chi connectivity index (χ4n) is 2.61. The Labute approximate surface area is 145 Å². The van der Waals surface area contributed by atoms with Gasteiger partial charge in [0, 0.05) is 7.05 Å². The van der Waals surface area contributed by atoms with Crippen molar-refractivity contribution >= 4 is 17.0 Å². The van der Waals surface area contributed by atoms with E-state index >= 15 is 0 Å². The van der Waals surface area contributed by atoms with Crippen LogP contribution in [0.1, 0.15) is 40.6 Å². The number of imidazole rings is 1. The van der Waals surface area contributed by atoms with Gasteiger partial charge in [0.05, 0.1) is 16.6 Å². The Bertz CT molecular complexity index is 1030. The van der Waals surface area contributed by atoms with Crippen molar-refractivity contribution in [3.63, 3.8) is 0 Å². The number of rotatable bonds is 3. The molecule has 26 heavy (non-hydrogen) atoms. The number of carbonyl (C=O) groups is 1. The van der Waals surface area contributed by atoms with E-state index in [1.807, 2.05) is 6.07 Å². The summed E-state index contributed by atoms with van der Waals surface area (Å²) in [5, 5.41) is 8.76. The van der Waals surface area contributed by atoms with Gasteiger partial charge in [-0.3, -0.25) is 0 Å². The number of benzene rings is 1. The number of halogens is 3. The summed E-state index contributed by atoms with van der Waals surface area (Å²) in [6.07, 6.45) is -5.26. The molecule has 0 fully saturated rings. The van der Waals surface area contributed by atoms with Crippen LogP contribution in [0.15, 0.2) is 30.3 Å². The van der Waals surface area contributed by atoms with Gasteiger partial charge in [-0.05, 0) is 37.3 Å². The number of fused-ring (bicyclic) bond motifs is 1. The van der Waals surface area contributed by atoms with Crippen LogP contribution in [0.4, 0.5) is 13.2 Å². The monoisotopic (exact) mass is 362 g/mol. The molecule has 2 heterocycles. The molecule has 1 aromatic carbocycles. The fraction of sp³-hybridized carbons (Fsp3) is 0.235. The van der Waals surface area contributed by atoms with Crippen LogP contribution in [0.5, 0.6) is 0 Å². The molecule has 0 aliphatic carbocycles. The molecule has 0 spiro atoms. The third kappa shape index (κ3) is 3.13. The van der Waals surface area contributed by atoms with E-state index in [9.17, 15) is 18.0 Å². The Morgan fingerprint density at radius 3 is 2.69 bits per heavy atom. The van der Waals surface area contributed by atoms with E-state index in [1.165, 1.54) is 18.2 Å². The third-order valence-corrected chi connectivity index (χ3v) is 3.92. The first-order valence-electron chi connectivity index (χ1n) is 7.54. The van der Waals surface area contributed by atoms with Gasteiger partial charge in [0.2, 0.25) is 0 Å². The van der Waals surface area contributed by atoms with Gasteiger partial charge in [-0.15, -0.1) is 0 Å². The van der Waals surface area contributed by atoms with Gasteiger partial charge in [0.15, 0.2) is 11.9 Å². The summed E-state index contributed by atoms with van der Waals surface area (Å²) in [5.41, 5.74) is 0.169. The average Bonchev–Trinajstić information content (AvgIpc) is 3.18. The molecule has 0 aliphatic heterocycles. The lowest BCUT2D eigenvalue weighted by Gasteiger charge is -2.12. The predicted molar refractivity (Wildman–Crippen MR) is 85.1 cm³/mol. The van der Waals surface area contributed by atoms with E-state index < -0.39 is 23.8 Å². The van der Waals surface area contributed by atoms with Crippen LogP contribution in [0.25, 0.3) is 11.0 Å². The first kappa shape index (κ1) is 17.5. The van der Waals surface area contributed by atoms with Gasteiger partial charge in [0.25, 0.3) is 0 Å². The van der Waals surface area contributed by atoms with E-state index in [1.54, 1.807) is 18.5 Å². The van der Waals surface area contributed by atoms with E-state index in [0.717, 1.165) is 12.1 Å². The van der Waals surface area contributed by atoms with Gasteiger partial charge in [-0.2, -0.15) is 18.4 Å². The summed E-state index contributed by atoms with van der Waals surface area (Å²) in [4.78, 5) is 18.9. The third-order valence-electron chi connectivity index (χ3n) is 3.92. The average molecular weight is 362 g/mol. The number of alkyl halides is 3. The van der Waals surface area contributed by atoms with Crippen LogP contribution in [0.2, 0.25) is 0 Å². The van der Waals surface area contributed by atoms with Gasteiger partial charge in [0.1, 0.15) is 17.5 Å². The molecule has 0 bridgehead atoms. The minimum Gasteiger partial charge on any atom is -0.450 e. The minimum atomic E-state index is -4.46. The lowest BCUT2D eigenvalue weighted by atomic mass is 10.2. The molecule has 2 aromatic heterocycles. The molecule has 0 saturated carbocycles. The second-order valence-corrected chi connectivity index (χ2v) is 5.68. The van der Waals surface area contributed by atoms with Crippen LogP contribution < -0.4 is 0 Å². The first-order chi connectivity index (χ1) is 12.2. The number of aromatic nitrogens is 3. The van der Waals surface area contributed by atoms with Gasteiger partial charge >= 0.3 is 12.1 Å². The van der Waals surface area contributed by atoms with E-state index in [2.05, 4.69) is 9.97 Å². The van der Waals surface area contributed by atoms with Crippen molar-refractivity contribution < 1.29 is 22.7 Å². The number of hydrogen-bond acceptors (Lipinski definition) is 4. The molecular weight excluding hydrogens is 349 g/mol. The Morgan fingerprint density at radius 1 is 1.35 bits per heavy atom. The normalized spacial score (nSPS) is 12.8. The second kappa shape index (κ2) is 6.22. The van der Waals surface area contributed by atoms with E-state index in [0.29, 0.717) is 11.3 Å². The highest BCUT2D eigenvalue weighted by Crippen LogP contribution is 2.32. The lowest BCUT2D eigenvalue weighted by Crippen LogP contribution is -2.13. The quantitative estimate of drug-likeness (QED) is 0.720. The number of nitriles is 1. The molecular formula is C17H13F3N4O2. The molecule has 3 aromatic rings. The highest BCUT2D eigenvalue weighted by Gasteiger charge is 2.31. The topological polar surface area (TPSA) is 83.7 Å². The minimum absolute atomic E-state index is 0.103. The largest absolute Gasteiger partial charge is 0.450 e. The SMILES string of the molecule is C[C@@H](OC(=O)c1ccc(C#N)[nH]1)c1nc2cc(C(F)(F)F)ccc2n1C. The molecule has 0 aliphatic rings. The molecule has 3 rings (SSSR count). The van der Waals surface area contributed by atoms with Crippen molar-refractivity contribution in [1.82, 2.24) is 14.5 Å². The summed E-state index contributed by atoms with van der Waals surface area (Å²) >= 11 is 0. The zero-order valence-electron chi connectivity index (χ0n) is 13.8. The predicted octanol–water partition coefficient (Wildman–Crippen LogP) is 3.71. The number of aryl methyl sites for hydroxylation is 1. The van der Waals surface area contributed by atoms with Crippen molar-refractivity contribution in [2.24, 2.45) is 7.05 Å². The maximum absolute atomic E-state index is 12.8. The Kier molecular flexibility index (Phi) is 4.20. The Morgan fingerprint density at radius 2 is 2.08 bits per heavy atom. The van der Waals surface area contributed by atoms with E-state index in [4.69, 9.17) is 10.00 Å². The van der Waals surface area contributed by atoms with Gasteiger partial charge in [-0.25, -0.2) is 9.78 Å². The lowest BCUT2D eigenvalue weighted by molar-refractivity contribution is -0.137. The zero-order valence-corrected chi connectivity index (χ0v) is 13.8.